The number of benzene rings is 3. The third kappa shape index (κ3) is 4.69. The Hall–Kier alpha value is -4.77. The molecule has 8 nitrogen and oxygen atoms in total. The molecule has 0 radical (unpaired) electrons. The van der Waals surface area contributed by atoms with Gasteiger partial charge in [0.25, 0.3) is 11.5 Å². The van der Waals surface area contributed by atoms with Gasteiger partial charge in [-0.1, -0.05) is 54.6 Å². The van der Waals surface area contributed by atoms with E-state index in [9.17, 15) is 14.4 Å². The molecule has 0 saturated heterocycles. The van der Waals surface area contributed by atoms with Gasteiger partial charge in [0.15, 0.2) is 12.3 Å². The minimum Gasteiger partial charge on any atom is -0.451 e. The van der Waals surface area contributed by atoms with Crippen LogP contribution in [0.3, 0.4) is 0 Å². The highest BCUT2D eigenvalue weighted by molar-refractivity contribution is 6.03. The monoisotopic (exact) mass is 452 g/mol. The van der Waals surface area contributed by atoms with Crippen LogP contribution in [0.1, 0.15) is 16.9 Å². The maximum atomic E-state index is 13.0. The van der Waals surface area contributed by atoms with Crippen molar-refractivity contribution in [1.82, 2.24) is 9.78 Å². The second-order valence-electron chi connectivity index (χ2n) is 7.31. The van der Waals surface area contributed by atoms with E-state index >= 15 is 0 Å². The highest BCUT2D eigenvalue weighted by Crippen LogP contribution is 2.17. The lowest BCUT2D eigenvalue weighted by molar-refractivity contribution is -0.121. The average molecular weight is 452 g/mol. The van der Waals surface area contributed by atoms with Gasteiger partial charge >= 0.3 is 5.97 Å². The Labute approximate surface area is 195 Å². The van der Waals surface area contributed by atoms with Gasteiger partial charge in [0.05, 0.1) is 23.6 Å². The van der Waals surface area contributed by atoms with Crippen molar-refractivity contribution in [2.24, 2.45) is 0 Å². The van der Waals surface area contributed by atoms with Crippen molar-refractivity contribution in [2.75, 3.05) is 18.1 Å². The molecule has 1 heterocycles. The number of carbonyl (C=O) groups is 2. The number of fused-ring (bicyclic) bond motifs is 1. The second-order valence-corrected chi connectivity index (χ2v) is 7.31. The van der Waals surface area contributed by atoms with E-state index in [2.05, 4.69) is 5.10 Å². The van der Waals surface area contributed by atoms with Crippen LogP contribution in [0.25, 0.3) is 16.5 Å². The first-order chi connectivity index (χ1) is 16.6. The van der Waals surface area contributed by atoms with E-state index in [0.29, 0.717) is 22.1 Å². The standard InChI is InChI=1S/C26H20N4O4/c27-16-9-17-29(19-10-3-1-4-11-19)23(31)18-34-26(33)24-21-14-7-8-15-22(21)25(32)30(28-24)20-12-5-2-6-13-20/h1-8,10-15H,9,17-18H2. The molecule has 4 rings (SSSR count). The Morgan fingerprint density at radius 1 is 0.912 bits per heavy atom. The minimum absolute atomic E-state index is 0.0739. The number of nitrogens with zero attached hydrogens (tertiary/aromatic N) is 4. The van der Waals surface area contributed by atoms with Crippen molar-refractivity contribution in [3.63, 3.8) is 0 Å². The van der Waals surface area contributed by atoms with Gasteiger partial charge in [-0.3, -0.25) is 9.59 Å². The molecule has 0 spiro atoms. The maximum Gasteiger partial charge on any atom is 0.359 e. The van der Waals surface area contributed by atoms with Crippen molar-refractivity contribution < 1.29 is 14.3 Å². The quantitative estimate of drug-likeness (QED) is 0.398. The van der Waals surface area contributed by atoms with Crippen molar-refractivity contribution in [3.05, 3.63) is 101 Å². The topological polar surface area (TPSA) is 105 Å². The van der Waals surface area contributed by atoms with Crippen LogP contribution >= 0.6 is 0 Å². The van der Waals surface area contributed by atoms with Crippen LogP contribution in [-0.4, -0.2) is 34.8 Å². The number of para-hydroxylation sites is 2. The molecule has 0 saturated carbocycles. The van der Waals surface area contributed by atoms with Crippen LogP contribution in [0, 0.1) is 11.3 Å². The molecule has 0 aliphatic heterocycles. The van der Waals surface area contributed by atoms with Gasteiger partial charge < -0.3 is 9.64 Å². The summed E-state index contributed by atoms with van der Waals surface area (Å²) in [6, 6.07) is 26.2. The number of rotatable bonds is 7. The molecule has 34 heavy (non-hydrogen) atoms. The van der Waals surface area contributed by atoms with Gasteiger partial charge in [-0.15, -0.1) is 0 Å². The molecule has 4 aromatic rings. The van der Waals surface area contributed by atoms with Crippen molar-refractivity contribution in [3.8, 4) is 11.8 Å². The average Bonchev–Trinajstić information content (AvgIpc) is 2.89. The molecule has 0 unspecified atom stereocenters. The summed E-state index contributed by atoms with van der Waals surface area (Å²) in [5.74, 6) is -1.31. The lowest BCUT2D eigenvalue weighted by Crippen LogP contribution is -2.35. The number of carbonyl (C=O) groups excluding carboxylic acids is 2. The summed E-state index contributed by atoms with van der Waals surface area (Å²) in [4.78, 5) is 40.2. The smallest absolute Gasteiger partial charge is 0.359 e. The lowest BCUT2D eigenvalue weighted by Gasteiger charge is -2.21. The van der Waals surface area contributed by atoms with E-state index in [1.807, 2.05) is 12.1 Å². The maximum absolute atomic E-state index is 13.0. The lowest BCUT2D eigenvalue weighted by atomic mass is 10.1. The van der Waals surface area contributed by atoms with Gasteiger partial charge in [-0.05, 0) is 30.3 Å². The summed E-state index contributed by atoms with van der Waals surface area (Å²) >= 11 is 0. The molecule has 0 fully saturated rings. The van der Waals surface area contributed by atoms with E-state index in [1.54, 1.807) is 78.9 Å². The SMILES string of the molecule is N#CCCN(C(=O)COC(=O)c1nn(-c2ccccc2)c(=O)c2ccccc12)c1ccccc1. The number of hydrogen-bond donors (Lipinski definition) is 0. The molecular weight excluding hydrogens is 432 g/mol. The fourth-order valence-corrected chi connectivity index (χ4v) is 3.53. The molecule has 8 heteroatoms. The summed E-state index contributed by atoms with van der Waals surface area (Å²) in [5.41, 5.74) is 0.645. The predicted octanol–water partition coefficient (Wildman–Crippen LogP) is 3.49. The molecule has 1 amide bonds. The number of amides is 1. The third-order valence-electron chi connectivity index (χ3n) is 5.14. The normalized spacial score (nSPS) is 10.4. The molecule has 168 valence electrons. The van der Waals surface area contributed by atoms with E-state index in [4.69, 9.17) is 10.00 Å². The summed E-state index contributed by atoms with van der Waals surface area (Å²) in [7, 11) is 0. The first kappa shape index (κ1) is 22.4. The number of hydrogen-bond acceptors (Lipinski definition) is 6. The predicted molar refractivity (Wildman–Crippen MR) is 127 cm³/mol. The Morgan fingerprint density at radius 3 is 2.21 bits per heavy atom. The highest BCUT2D eigenvalue weighted by atomic mass is 16.5. The molecule has 0 atom stereocenters. The summed E-state index contributed by atoms with van der Waals surface area (Å²) in [6.07, 6.45) is 0.128. The largest absolute Gasteiger partial charge is 0.451 e. The number of esters is 1. The Balaban J connectivity index is 1.63. The zero-order chi connectivity index (χ0) is 23.9. The molecular formula is C26H20N4O4. The highest BCUT2D eigenvalue weighted by Gasteiger charge is 2.22. The molecule has 0 bridgehead atoms. The zero-order valence-corrected chi connectivity index (χ0v) is 18.1. The van der Waals surface area contributed by atoms with Crippen LogP contribution < -0.4 is 10.5 Å². The van der Waals surface area contributed by atoms with E-state index in [1.165, 1.54) is 4.90 Å². The minimum atomic E-state index is -0.831. The fourth-order valence-electron chi connectivity index (χ4n) is 3.53. The van der Waals surface area contributed by atoms with Gasteiger partial charge in [-0.2, -0.15) is 15.0 Å². The van der Waals surface area contributed by atoms with Crippen LogP contribution in [0.15, 0.2) is 89.7 Å². The van der Waals surface area contributed by atoms with Crippen LogP contribution in [0.4, 0.5) is 5.69 Å². The van der Waals surface area contributed by atoms with Crippen LogP contribution in [-0.2, 0) is 9.53 Å². The zero-order valence-electron chi connectivity index (χ0n) is 18.1. The Morgan fingerprint density at radius 2 is 1.53 bits per heavy atom. The first-order valence-electron chi connectivity index (χ1n) is 10.6. The molecule has 0 N–H and O–H groups in total. The van der Waals surface area contributed by atoms with Gasteiger partial charge in [-0.25, -0.2) is 4.79 Å². The van der Waals surface area contributed by atoms with E-state index < -0.39 is 18.5 Å². The van der Waals surface area contributed by atoms with Gasteiger partial charge in [0.2, 0.25) is 0 Å². The summed E-state index contributed by atoms with van der Waals surface area (Å²) in [6.45, 7) is -0.378. The number of anilines is 1. The van der Waals surface area contributed by atoms with E-state index in [-0.39, 0.29) is 24.2 Å². The van der Waals surface area contributed by atoms with Crippen molar-refractivity contribution >= 4 is 28.3 Å². The number of ether oxygens (including phenoxy) is 1. The fraction of sp³-hybridized carbons (Fsp3) is 0.115. The van der Waals surface area contributed by atoms with E-state index in [0.717, 1.165) is 4.68 Å². The molecule has 0 aliphatic carbocycles. The Kier molecular flexibility index (Phi) is 6.75. The second kappa shape index (κ2) is 10.2. The summed E-state index contributed by atoms with van der Waals surface area (Å²) < 4.78 is 6.46. The van der Waals surface area contributed by atoms with Gasteiger partial charge in [0, 0.05) is 17.6 Å². The van der Waals surface area contributed by atoms with Crippen LogP contribution in [0.5, 0.6) is 0 Å². The summed E-state index contributed by atoms with van der Waals surface area (Å²) in [5, 5.41) is 13.8. The van der Waals surface area contributed by atoms with Gasteiger partial charge in [0.1, 0.15) is 0 Å². The van der Waals surface area contributed by atoms with Crippen LogP contribution in [0.2, 0.25) is 0 Å². The number of aromatic nitrogens is 2. The third-order valence-corrected chi connectivity index (χ3v) is 5.14. The van der Waals surface area contributed by atoms with Crippen molar-refractivity contribution in [2.45, 2.75) is 6.42 Å². The molecule has 3 aromatic carbocycles. The Bertz CT molecular complexity index is 1430. The number of nitriles is 1. The molecule has 1 aromatic heterocycles. The van der Waals surface area contributed by atoms with Crippen molar-refractivity contribution in [1.29, 1.82) is 5.26 Å². The first-order valence-corrected chi connectivity index (χ1v) is 10.6. The molecule has 0 aliphatic rings.